The smallest absolute Gasteiger partial charge is 0.228 e. The van der Waals surface area contributed by atoms with Crippen molar-refractivity contribution < 1.29 is 4.79 Å². The highest BCUT2D eigenvalue weighted by molar-refractivity contribution is 9.10. The van der Waals surface area contributed by atoms with Gasteiger partial charge in [-0.15, -0.1) is 0 Å². The number of carbonyl (C=O) groups excluding carboxylic acids is 1. The number of amides is 1. The molecule has 20 heavy (non-hydrogen) atoms. The molecule has 0 aromatic heterocycles. The molecule has 2 aromatic rings. The van der Waals surface area contributed by atoms with Crippen molar-refractivity contribution in [3.8, 4) is 0 Å². The number of nitrogens with two attached hydrogens (primary N) is 1. The third-order valence-corrected chi connectivity index (χ3v) is 4.13. The maximum absolute atomic E-state index is 12.0. The van der Waals surface area contributed by atoms with Crippen LogP contribution in [0.4, 0.5) is 5.69 Å². The second kappa shape index (κ2) is 6.88. The lowest BCUT2D eigenvalue weighted by atomic mass is 10.0. The molecule has 0 atom stereocenters. The molecular weight excluding hydrogens is 340 g/mol. The fourth-order valence-electron chi connectivity index (χ4n) is 1.88. The van der Waals surface area contributed by atoms with Gasteiger partial charge in [0.15, 0.2) is 0 Å². The van der Waals surface area contributed by atoms with Gasteiger partial charge in [0.1, 0.15) is 0 Å². The van der Waals surface area contributed by atoms with Crippen LogP contribution in [-0.4, -0.2) is 5.91 Å². The van der Waals surface area contributed by atoms with E-state index in [0.717, 1.165) is 15.6 Å². The first-order valence-corrected chi connectivity index (χ1v) is 7.29. The van der Waals surface area contributed by atoms with E-state index in [1.54, 1.807) is 18.2 Å². The molecule has 0 fully saturated rings. The summed E-state index contributed by atoms with van der Waals surface area (Å²) in [6.45, 7) is 0.424. The number of hydrogen-bond donors (Lipinski definition) is 2. The highest BCUT2D eigenvalue weighted by atomic mass is 79.9. The Kier molecular flexibility index (Phi) is 5.17. The third-order valence-electron chi connectivity index (χ3n) is 2.89. The number of halogens is 2. The zero-order chi connectivity index (χ0) is 14.5. The van der Waals surface area contributed by atoms with Gasteiger partial charge >= 0.3 is 0 Å². The predicted molar refractivity (Wildman–Crippen MR) is 85.8 cm³/mol. The second-order valence-electron chi connectivity index (χ2n) is 4.33. The van der Waals surface area contributed by atoms with E-state index in [-0.39, 0.29) is 5.91 Å². The molecule has 0 bridgehead atoms. The van der Waals surface area contributed by atoms with Gasteiger partial charge in [0.2, 0.25) is 5.91 Å². The van der Waals surface area contributed by atoms with Crippen LogP contribution in [0.5, 0.6) is 0 Å². The van der Waals surface area contributed by atoms with Crippen LogP contribution in [0.3, 0.4) is 0 Å². The van der Waals surface area contributed by atoms with E-state index in [9.17, 15) is 4.79 Å². The quantitative estimate of drug-likeness (QED) is 0.879. The van der Waals surface area contributed by atoms with E-state index < -0.39 is 0 Å². The SMILES string of the molecule is NCc1ccccc1CC(=O)Nc1ccc(Br)c(Cl)c1. The summed E-state index contributed by atoms with van der Waals surface area (Å²) in [4.78, 5) is 12.0. The maximum atomic E-state index is 12.0. The van der Waals surface area contributed by atoms with E-state index >= 15 is 0 Å². The van der Waals surface area contributed by atoms with Crippen LogP contribution in [0, 0.1) is 0 Å². The zero-order valence-electron chi connectivity index (χ0n) is 10.7. The molecule has 0 unspecified atom stereocenters. The van der Waals surface area contributed by atoms with Crippen molar-refractivity contribution in [1.29, 1.82) is 0 Å². The lowest BCUT2D eigenvalue weighted by Crippen LogP contribution is -2.16. The van der Waals surface area contributed by atoms with E-state index in [1.165, 1.54) is 0 Å². The molecule has 0 heterocycles. The van der Waals surface area contributed by atoms with Crippen molar-refractivity contribution in [1.82, 2.24) is 0 Å². The Morgan fingerprint density at radius 3 is 2.55 bits per heavy atom. The molecule has 1 amide bonds. The summed E-state index contributed by atoms with van der Waals surface area (Å²) < 4.78 is 0.797. The molecule has 0 aliphatic carbocycles. The summed E-state index contributed by atoms with van der Waals surface area (Å²) in [5.74, 6) is -0.0933. The van der Waals surface area contributed by atoms with E-state index in [0.29, 0.717) is 23.7 Å². The zero-order valence-corrected chi connectivity index (χ0v) is 13.0. The van der Waals surface area contributed by atoms with Crippen molar-refractivity contribution >= 4 is 39.1 Å². The first-order chi connectivity index (χ1) is 9.60. The van der Waals surface area contributed by atoms with E-state index in [1.807, 2.05) is 24.3 Å². The number of benzene rings is 2. The second-order valence-corrected chi connectivity index (χ2v) is 5.59. The molecule has 104 valence electrons. The summed E-state index contributed by atoms with van der Waals surface area (Å²) in [5, 5.41) is 3.39. The Morgan fingerprint density at radius 1 is 1.20 bits per heavy atom. The Labute approximate surface area is 131 Å². The molecule has 2 rings (SSSR count). The van der Waals surface area contributed by atoms with Crippen LogP contribution in [0.25, 0.3) is 0 Å². The summed E-state index contributed by atoms with van der Waals surface area (Å²) in [6, 6.07) is 13.0. The molecule has 5 heteroatoms. The minimum absolute atomic E-state index is 0.0933. The predicted octanol–water partition coefficient (Wildman–Crippen LogP) is 3.74. The Hall–Kier alpha value is -1.36. The lowest BCUT2D eigenvalue weighted by molar-refractivity contribution is -0.115. The first-order valence-electron chi connectivity index (χ1n) is 6.12. The fraction of sp³-hybridized carbons (Fsp3) is 0.133. The van der Waals surface area contributed by atoms with Gasteiger partial charge in [0.25, 0.3) is 0 Å². The molecule has 0 aliphatic rings. The van der Waals surface area contributed by atoms with E-state index in [4.69, 9.17) is 17.3 Å². The summed E-state index contributed by atoms with van der Waals surface area (Å²) in [6.07, 6.45) is 0.293. The molecule has 0 saturated heterocycles. The van der Waals surface area contributed by atoms with Crippen molar-refractivity contribution in [2.75, 3.05) is 5.32 Å². The number of carbonyl (C=O) groups is 1. The summed E-state index contributed by atoms with van der Waals surface area (Å²) in [7, 11) is 0. The first kappa shape index (κ1) is 15.0. The van der Waals surface area contributed by atoms with Crippen LogP contribution in [0.1, 0.15) is 11.1 Å². The number of rotatable bonds is 4. The van der Waals surface area contributed by atoms with E-state index in [2.05, 4.69) is 21.2 Å². The largest absolute Gasteiger partial charge is 0.326 e. The van der Waals surface area contributed by atoms with Crippen LogP contribution in [0.2, 0.25) is 5.02 Å². The normalized spacial score (nSPS) is 10.3. The maximum Gasteiger partial charge on any atom is 0.228 e. The molecule has 3 N–H and O–H groups in total. The Bertz CT molecular complexity index is 631. The van der Waals surface area contributed by atoms with Gasteiger partial charge in [-0.05, 0) is 45.3 Å². The Balaban J connectivity index is 2.07. The number of nitrogens with one attached hydrogen (secondary N) is 1. The molecule has 0 radical (unpaired) electrons. The van der Waals surface area contributed by atoms with Gasteiger partial charge < -0.3 is 11.1 Å². The topological polar surface area (TPSA) is 55.1 Å². The molecule has 3 nitrogen and oxygen atoms in total. The summed E-state index contributed by atoms with van der Waals surface area (Å²) >= 11 is 9.30. The van der Waals surface area contributed by atoms with Crippen molar-refractivity contribution in [2.24, 2.45) is 5.73 Å². The molecule has 2 aromatic carbocycles. The third kappa shape index (κ3) is 3.82. The lowest BCUT2D eigenvalue weighted by Gasteiger charge is -2.09. The van der Waals surface area contributed by atoms with Crippen LogP contribution in [0.15, 0.2) is 46.9 Å². The standard InChI is InChI=1S/C15H14BrClN2O/c16-13-6-5-12(8-14(13)17)19-15(20)7-10-3-1-2-4-11(10)9-18/h1-6,8H,7,9,18H2,(H,19,20). The molecule has 0 spiro atoms. The van der Waals surface area contributed by atoms with Gasteiger partial charge in [-0.3, -0.25) is 4.79 Å². The van der Waals surface area contributed by atoms with Gasteiger partial charge in [-0.1, -0.05) is 35.9 Å². The minimum atomic E-state index is -0.0933. The average molecular weight is 354 g/mol. The minimum Gasteiger partial charge on any atom is -0.326 e. The van der Waals surface area contributed by atoms with Crippen LogP contribution < -0.4 is 11.1 Å². The van der Waals surface area contributed by atoms with Gasteiger partial charge in [-0.2, -0.15) is 0 Å². The van der Waals surface area contributed by atoms with Crippen molar-refractivity contribution in [3.05, 3.63) is 63.1 Å². The highest BCUT2D eigenvalue weighted by Gasteiger charge is 2.08. The van der Waals surface area contributed by atoms with Crippen LogP contribution >= 0.6 is 27.5 Å². The van der Waals surface area contributed by atoms with Gasteiger partial charge in [0.05, 0.1) is 11.4 Å². The van der Waals surface area contributed by atoms with Crippen molar-refractivity contribution in [2.45, 2.75) is 13.0 Å². The van der Waals surface area contributed by atoms with Gasteiger partial charge in [-0.25, -0.2) is 0 Å². The van der Waals surface area contributed by atoms with Crippen LogP contribution in [-0.2, 0) is 17.8 Å². The number of hydrogen-bond acceptors (Lipinski definition) is 2. The highest BCUT2D eigenvalue weighted by Crippen LogP contribution is 2.25. The van der Waals surface area contributed by atoms with Gasteiger partial charge in [0, 0.05) is 16.7 Å². The average Bonchev–Trinajstić information content (AvgIpc) is 2.43. The molecule has 0 aliphatic heterocycles. The summed E-state index contributed by atoms with van der Waals surface area (Å²) in [5.41, 5.74) is 8.26. The molecular formula is C15H14BrClN2O. The number of anilines is 1. The Morgan fingerprint density at radius 2 is 1.90 bits per heavy atom. The fourth-order valence-corrected chi connectivity index (χ4v) is 2.31. The monoisotopic (exact) mass is 352 g/mol. The van der Waals surface area contributed by atoms with Crippen molar-refractivity contribution in [3.63, 3.8) is 0 Å². The molecule has 0 saturated carbocycles.